The summed E-state index contributed by atoms with van der Waals surface area (Å²) in [5.41, 5.74) is 5.72. The molecule has 0 bridgehead atoms. The van der Waals surface area contributed by atoms with Gasteiger partial charge in [-0.1, -0.05) is 58.5 Å². The quantitative estimate of drug-likeness (QED) is 0.672. The normalized spacial score (nSPS) is 11.5. The first-order valence-electron chi connectivity index (χ1n) is 9.13. The van der Waals surface area contributed by atoms with E-state index >= 15 is 0 Å². The number of benzene rings is 2. The molecule has 0 aromatic heterocycles. The fourth-order valence-electron chi connectivity index (χ4n) is 2.87. The van der Waals surface area contributed by atoms with Gasteiger partial charge in [-0.15, -0.1) is 0 Å². The van der Waals surface area contributed by atoms with Gasteiger partial charge in [0, 0.05) is 5.56 Å². The molecule has 0 radical (unpaired) electrons. The van der Waals surface area contributed by atoms with Gasteiger partial charge in [-0.3, -0.25) is 0 Å². The van der Waals surface area contributed by atoms with Crippen LogP contribution in [0.15, 0.2) is 43.0 Å². The predicted octanol–water partition coefficient (Wildman–Crippen LogP) is 5.20. The maximum Gasteiger partial charge on any atom is 0.178 e. The number of aliphatic hydroxyl groups is 2. The van der Waals surface area contributed by atoms with Crippen molar-refractivity contribution in [1.82, 2.24) is 0 Å². The van der Waals surface area contributed by atoms with Crippen molar-refractivity contribution in [2.45, 2.75) is 46.8 Å². The van der Waals surface area contributed by atoms with E-state index in [1.54, 1.807) is 12.1 Å². The highest BCUT2D eigenvalue weighted by atomic mass is 16.5. The van der Waals surface area contributed by atoms with Crippen LogP contribution in [0.2, 0.25) is 0 Å². The molecule has 2 rings (SSSR count). The van der Waals surface area contributed by atoms with Crippen molar-refractivity contribution >= 4 is 5.57 Å². The Morgan fingerprint density at radius 1 is 1.04 bits per heavy atom. The second-order valence-corrected chi connectivity index (χ2v) is 7.54. The lowest BCUT2D eigenvalue weighted by molar-refractivity contribution is -0.0424. The fourth-order valence-corrected chi connectivity index (χ4v) is 2.87. The first-order valence-corrected chi connectivity index (χ1v) is 9.13. The Morgan fingerprint density at radius 2 is 1.65 bits per heavy atom. The molecule has 2 N–H and O–H groups in total. The Hall–Kier alpha value is -2.10. The number of aliphatic hydroxyl groups excluding tert-OH is 1. The molecular weight excluding hydrogens is 324 g/mol. The molecule has 0 aliphatic carbocycles. The zero-order valence-corrected chi connectivity index (χ0v) is 16.4. The third-order valence-corrected chi connectivity index (χ3v) is 4.43. The van der Waals surface area contributed by atoms with Gasteiger partial charge in [0.2, 0.25) is 0 Å². The second-order valence-electron chi connectivity index (χ2n) is 7.54. The van der Waals surface area contributed by atoms with Crippen LogP contribution in [0.3, 0.4) is 0 Å². The molecule has 3 heteroatoms. The van der Waals surface area contributed by atoms with Crippen LogP contribution in [-0.2, 0) is 0 Å². The Balaban J connectivity index is 2.38. The van der Waals surface area contributed by atoms with Gasteiger partial charge in [-0.05, 0) is 58.7 Å². The lowest BCUT2D eigenvalue weighted by Crippen LogP contribution is -2.08. The van der Waals surface area contributed by atoms with Crippen molar-refractivity contribution < 1.29 is 14.9 Å². The van der Waals surface area contributed by atoms with Crippen molar-refractivity contribution in [3.8, 4) is 5.75 Å². The van der Waals surface area contributed by atoms with Crippen molar-refractivity contribution in [1.29, 1.82) is 0 Å². The average Bonchev–Trinajstić information content (AvgIpc) is 2.59. The van der Waals surface area contributed by atoms with E-state index in [9.17, 15) is 10.2 Å². The summed E-state index contributed by atoms with van der Waals surface area (Å²) in [4.78, 5) is 0. The summed E-state index contributed by atoms with van der Waals surface area (Å²) in [5, 5.41) is 18.5. The summed E-state index contributed by atoms with van der Waals surface area (Å²) in [6.45, 7) is 15.7. The summed E-state index contributed by atoms with van der Waals surface area (Å²) < 4.78 is 6.04. The molecule has 0 fully saturated rings. The molecule has 0 atom stereocenters. The number of hydrogen-bond acceptors (Lipinski definition) is 3. The maximum atomic E-state index is 9.25. The predicted molar refractivity (Wildman–Crippen MR) is 107 cm³/mol. The Kier molecular flexibility index (Phi) is 6.63. The van der Waals surface area contributed by atoms with Gasteiger partial charge < -0.3 is 14.9 Å². The smallest absolute Gasteiger partial charge is 0.178 e. The molecule has 0 heterocycles. The van der Waals surface area contributed by atoms with Gasteiger partial charge in [0.05, 0.1) is 6.61 Å². The van der Waals surface area contributed by atoms with Crippen molar-refractivity contribution in [3.63, 3.8) is 0 Å². The van der Waals surface area contributed by atoms with E-state index in [-0.39, 0.29) is 0 Å². The van der Waals surface area contributed by atoms with Crippen molar-refractivity contribution in [2.24, 2.45) is 5.92 Å². The Labute approximate surface area is 157 Å². The first kappa shape index (κ1) is 20.2. The molecule has 2 aromatic rings. The molecule has 0 saturated heterocycles. The number of ether oxygens (including phenoxy) is 1. The SMILES string of the molecule is C=C(c1ccc(C(O)O)cc1)c1cc(C(C)C)c(OCC(C)C)cc1C. The zero-order chi connectivity index (χ0) is 19.4. The molecule has 0 aliphatic heterocycles. The van der Waals surface area contributed by atoms with Crippen LogP contribution in [0.1, 0.15) is 67.7 Å². The molecule has 0 saturated carbocycles. The molecule has 0 amide bonds. The molecule has 2 aromatic carbocycles. The summed E-state index contributed by atoms with van der Waals surface area (Å²) in [5.74, 6) is 1.77. The van der Waals surface area contributed by atoms with Crippen LogP contribution < -0.4 is 4.74 Å². The van der Waals surface area contributed by atoms with Crippen molar-refractivity contribution in [2.75, 3.05) is 6.61 Å². The van der Waals surface area contributed by atoms with Crippen LogP contribution in [0, 0.1) is 12.8 Å². The van der Waals surface area contributed by atoms with E-state index in [2.05, 4.69) is 53.3 Å². The standard InChI is InChI=1S/C23H30O3/c1-14(2)13-26-22-11-16(5)21(12-20(22)15(3)4)17(6)18-7-9-19(10-8-18)23(24)25/h7-12,14-15,23-25H,6,13H2,1-5H3. The molecule has 0 aliphatic rings. The topological polar surface area (TPSA) is 49.7 Å². The van der Waals surface area contributed by atoms with E-state index in [1.807, 2.05) is 12.1 Å². The Morgan fingerprint density at radius 3 is 2.15 bits per heavy atom. The monoisotopic (exact) mass is 354 g/mol. The minimum Gasteiger partial charge on any atom is -0.493 e. The third-order valence-electron chi connectivity index (χ3n) is 4.43. The van der Waals surface area contributed by atoms with E-state index in [1.165, 1.54) is 5.56 Å². The van der Waals surface area contributed by atoms with Gasteiger partial charge in [0.25, 0.3) is 0 Å². The average molecular weight is 354 g/mol. The maximum absolute atomic E-state index is 9.25. The van der Waals surface area contributed by atoms with Crippen LogP contribution in [-0.4, -0.2) is 16.8 Å². The van der Waals surface area contributed by atoms with Crippen LogP contribution in [0.5, 0.6) is 5.75 Å². The molecule has 0 unspecified atom stereocenters. The minimum absolute atomic E-state index is 0.344. The highest BCUT2D eigenvalue weighted by Crippen LogP contribution is 2.34. The van der Waals surface area contributed by atoms with Gasteiger partial charge in [-0.2, -0.15) is 0 Å². The number of hydrogen-bond donors (Lipinski definition) is 2. The van der Waals surface area contributed by atoms with Crippen LogP contribution in [0.25, 0.3) is 5.57 Å². The van der Waals surface area contributed by atoms with E-state index in [4.69, 9.17) is 4.74 Å². The van der Waals surface area contributed by atoms with Gasteiger partial charge in [-0.25, -0.2) is 0 Å². The highest BCUT2D eigenvalue weighted by Gasteiger charge is 2.15. The molecule has 26 heavy (non-hydrogen) atoms. The van der Waals surface area contributed by atoms with Gasteiger partial charge in [0.15, 0.2) is 6.29 Å². The largest absolute Gasteiger partial charge is 0.493 e. The Bertz CT molecular complexity index is 756. The van der Waals surface area contributed by atoms with Crippen molar-refractivity contribution in [3.05, 3.63) is 70.8 Å². The summed E-state index contributed by atoms with van der Waals surface area (Å²) in [6, 6.07) is 11.4. The van der Waals surface area contributed by atoms with Gasteiger partial charge in [0.1, 0.15) is 5.75 Å². The summed E-state index contributed by atoms with van der Waals surface area (Å²) in [7, 11) is 0. The summed E-state index contributed by atoms with van der Waals surface area (Å²) in [6.07, 6.45) is -1.45. The van der Waals surface area contributed by atoms with Crippen LogP contribution in [0.4, 0.5) is 0 Å². The van der Waals surface area contributed by atoms with Crippen LogP contribution >= 0.6 is 0 Å². The zero-order valence-electron chi connectivity index (χ0n) is 16.4. The number of rotatable bonds is 7. The van der Waals surface area contributed by atoms with E-state index in [0.29, 0.717) is 24.0 Å². The molecule has 0 spiro atoms. The molecular formula is C23H30O3. The highest BCUT2D eigenvalue weighted by molar-refractivity contribution is 5.80. The number of aryl methyl sites for hydroxylation is 1. The second kappa shape index (κ2) is 8.52. The fraction of sp³-hybridized carbons (Fsp3) is 0.391. The van der Waals surface area contributed by atoms with E-state index < -0.39 is 6.29 Å². The molecule has 3 nitrogen and oxygen atoms in total. The van der Waals surface area contributed by atoms with E-state index in [0.717, 1.165) is 28.0 Å². The van der Waals surface area contributed by atoms with Gasteiger partial charge >= 0.3 is 0 Å². The third kappa shape index (κ3) is 4.75. The lowest BCUT2D eigenvalue weighted by atomic mass is 9.90. The lowest BCUT2D eigenvalue weighted by Gasteiger charge is -2.20. The first-order chi connectivity index (χ1) is 12.2. The minimum atomic E-state index is -1.45. The summed E-state index contributed by atoms with van der Waals surface area (Å²) >= 11 is 0. The molecule has 140 valence electrons.